The molecule has 0 N–H and O–H groups in total. The van der Waals surface area contributed by atoms with Gasteiger partial charge in [0.1, 0.15) is 0 Å². The van der Waals surface area contributed by atoms with Gasteiger partial charge in [0.15, 0.2) is 8.07 Å². The van der Waals surface area contributed by atoms with Gasteiger partial charge in [-0.3, -0.25) is 0 Å². The molecule has 0 aliphatic heterocycles. The molecule has 1 heterocycles. The smallest absolute Gasteiger partial charge is 0.179 e. The predicted octanol–water partition coefficient (Wildman–Crippen LogP) is 15.3. The first-order valence-corrected chi connectivity index (χ1v) is 26.5. The number of fused-ring (bicyclic) bond motifs is 6. The summed E-state index contributed by atoms with van der Waals surface area (Å²) in [5.41, 5.74) is 11.7. The van der Waals surface area contributed by atoms with Crippen LogP contribution in [-0.4, -0.2) is 12.6 Å². The highest BCUT2D eigenvalue weighted by Gasteiger charge is 2.41. The molecule has 71 heavy (non-hydrogen) atoms. The molecular formula is C68H48N2Si. The second-order valence-corrected chi connectivity index (χ2v) is 22.2. The van der Waals surface area contributed by atoms with Crippen LogP contribution in [0.3, 0.4) is 0 Å². The summed E-state index contributed by atoms with van der Waals surface area (Å²) in [6.45, 7) is 0. The summed E-state index contributed by atoms with van der Waals surface area (Å²) in [6.07, 6.45) is 0. The van der Waals surface area contributed by atoms with Crippen molar-refractivity contribution in [2.24, 2.45) is 0 Å². The molecule has 0 aliphatic carbocycles. The Morgan fingerprint density at radius 1 is 0.282 bits per heavy atom. The molecule has 0 saturated heterocycles. The van der Waals surface area contributed by atoms with Crippen LogP contribution in [0.4, 0.5) is 17.1 Å². The molecule has 0 atom stereocenters. The van der Waals surface area contributed by atoms with Gasteiger partial charge in [0.05, 0.1) is 11.0 Å². The van der Waals surface area contributed by atoms with Gasteiger partial charge in [0.25, 0.3) is 0 Å². The Hall–Kier alpha value is -9.02. The quantitative estimate of drug-likeness (QED) is 0.0754. The number of nitrogens with zero attached hydrogens (tertiary/aromatic N) is 2. The lowest BCUT2D eigenvalue weighted by Crippen LogP contribution is -2.74. The lowest BCUT2D eigenvalue weighted by atomic mass is 9.96. The highest BCUT2D eigenvalue weighted by molar-refractivity contribution is 7.19. The molecule has 0 amide bonds. The minimum absolute atomic E-state index is 1.09. The van der Waals surface area contributed by atoms with Gasteiger partial charge >= 0.3 is 0 Å². The number of hydrogen-bond donors (Lipinski definition) is 0. The van der Waals surface area contributed by atoms with E-state index in [1.165, 1.54) is 86.4 Å². The Kier molecular flexibility index (Phi) is 10.6. The maximum absolute atomic E-state index is 2.71. The zero-order valence-electron chi connectivity index (χ0n) is 39.1. The van der Waals surface area contributed by atoms with E-state index >= 15 is 0 Å². The Morgan fingerprint density at radius 3 is 1.34 bits per heavy atom. The molecule has 13 rings (SSSR count). The largest absolute Gasteiger partial charge is 0.310 e. The van der Waals surface area contributed by atoms with E-state index in [0.717, 1.165) is 22.7 Å². The molecule has 13 aromatic rings. The third-order valence-corrected chi connectivity index (χ3v) is 19.3. The maximum atomic E-state index is 2.42. The van der Waals surface area contributed by atoms with Crippen molar-refractivity contribution >= 4 is 89.2 Å². The van der Waals surface area contributed by atoms with Gasteiger partial charge in [0, 0.05) is 33.5 Å². The van der Waals surface area contributed by atoms with Crippen molar-refractivity contribution in [3.63, 3.8) is 0 Å². The van der Waals surface area contributed by atoms with Crippen molar-refractivity contribution in [3.8, 4) is 27.9 Å². The average Bonchev–Trinajstić information content (AvgIpc) is 3.80. The van der Waals surface area contributed by atoms with Crippen molar-refractivity contribution in [1.82, 2.24) is 4.57 Å². The third kappa shape index (κ3) is 7.26. The highest BCUT2D eigenvalue weighted by Crippen LogP contribution is 2.41. The Labute approximate surface area is 415 Å². The predicted molar refractivity (Wildman–Crippen MR) is 305 cm³/mol. The number of anilines is 3. The van der Waals surface area contributed by atoms with Crippen molar-refractivity contribution in [1.29, 1.82) is 0 Å². The van der Waals surface area contributed by atoms with Crippen LogP contribution in [0.5, 0.6) is 0 Å². The number of rotatable bonds is 10. The zero-order chi connectivity index (χ0) is 47.1. The summed E-state index contributed by atoms with van der Waals surface area (Å²) in [7, 11) is -2.71. The molecule has 12 aromatic carbocycles. The number of hydrogen-bond acceptors (Lipinski definition) is 1. The Bertz CT molecular complexity index is 3900. The highest BCUT2D eigenvalue weighted by atomic mass is 28.3. The molecule has 1 aromatic heterocycles. The van der Waals surface area contributed by atoms with Crippen LogP contribution in [0.15, 0.2) is 291 Å². The molecule has 3 heteroatoms. The first kappa shape index (κ1) is 42.1. The van der Waals surface area contributed by atoms with Gasteiger partial charge in [-0.25, -0.2) is 0 Å². The summed E-state index contributed by atoms with van der Waals surface area (Å²) in [5.74, 6) is 0. The molecule has 2 nitrogen and oxygen atoms in total. The minimum Gasteiger partial charge on any atom is -0.310 e. The summed E-state index contributed by atoms with van der Waals surface area (Å²) >= 11 is 0. The van der Waals surface area contributed by atoms with Crippen molar-refractivity contribution in [2.45, 2.75) is 0 Å². The maximum Gasteiger partial charge on any atom is 0.179 e. The van der Waals surface area contributed by atoms with E-state index in [-0.39, 0.29) is 0 Å². The minimum atomic E-state index is -2.71. The number of aromatic nitrogens is 1. The molecule has 0 radical (unpaired) electrons. The van der Waals surface area contributed by atoms with Gasteiger partial charge in [-0.2, -0.15) is 0 Å². The SMILES string of the molecule is c1ccc(-n2c3ccccc3c3c(-c4ccc(-c5ccc(N(c6ccc([Si](c7ccccc7)(c7ccccc7)c7ccccc7)cc6)c6ccc7ccc8ccccc8c7c6)cc5)cc4)cccc32)cc1. The summed E-state index contributed by atoms with van der Waals surface area (Å²) in [4.78, 5) is 2.42. The van der Waals surface area contributed by atoms with Crippen LogP contribution in [0.2, 0.25) is 0 Å². The monoisotopic (exact) mass is 920 g/mol. The van der Waals surface area contributed by atoms with Crippen molar-refractivity contribution in [3.05, 3.63) is 291 Å². The molecule has 0 aliphatic rings. The molecule has 0 saturated carbocycles. The van der Waals surface area contributed by atoms with E-state index < -0.39 is 8.07 Å². The standard InChI is InChI=1S/C68H48N2Si/c1-5-19-54(20-6-1)70-66-30-16-15-28-64(66)68-63(29-17-31-67(68)70)52-34-32-49(33-35-52)50-38-41-55(42-39-50)69(57-43-40-53-37-36-51-18-13-14-27-62(51)65(53)48-57)56-44-46-61(47-45-56)71(58-21-7-2-8-22-58,59-23-9-3-10-24-59)60-25-11-4-12-26-60/h1-48H. The Morgan fingerprint density at radius 2 is 0.718 bits per heavy atom. The first-order valence-electron chi connectivity index (χ1n) is 24.5. The van der Waals surface area contributed by atoms with Crippen LogP contribution in [0, 0.1) is 0 Å². The lowest BCUT2D eigenvalue weighted by Gasteiger charge is -2.35. The van der Waals surface area contributed by atoms with Crippen LogP contribution in [-0.2, 0) is 0 Å². The molecule has 0 bridgehead atoms. The van der Waals surface area contributed by atoms with E-state index in [1.807, 2.05) is 0 Å². The third-order valence-electron chi connectivity index (χ3n) is 14.5. The van der Waals surface area contributed by atoms with Gasteiger partial charge in [-0.05, 0) is 125 Å². The van der Waals surface area contributed by atoms with E-state index in [4.69, 9.17) is 0 Å². The number of para-hydroxylation sites is 2. The molecular weight excluding hydrogens is 873 g/mol. The second-order valence-electron chi connectivity index (χ2n) is 18.4. The fraction of sp³-hybridized carbons (Fsp3) is 0. The van der Waals surface area contributed by atoms with Crippen LogP contribution < -0.4 is 25.6 Å². The van der Waals surface area contributed by atoms with Gasteiger partial charge in [-0.15, -0.1) is 0 Å². The van der Waals surface area contributed by atoms with E-state index in [2.05, 4.69) is 301 Å². The van der Waals surface area contributed by atoms with Gasteiger partial charge in [-0.1, -0.05) is 231 Å². The van der Waals surface area contributed by atoms with Crippen LogP contribution in [0.25, 0.3) is 71.3 Å². The summed E-state index contributed by atoms with van der Waals surface area (Å²) < 4.78 is 2.39. The topological polar surface area (TPSA) is 8.17 Å². The average molecular weight is 921 g/mol. The first-order chi connectivity index (χ1) is 35.2. The van der Waals surface area contributed by atoms with Gasteiger partial charge < -0.3 is 9.47 Å². The zero-order valence-corrected chi connectivity index (χ0v) is 40.1. The fourth-order valence-corrected chi connectivity index (χ4v) is 16.0. The van der Waals surface area contributed by atoms with Gasteiger partial charge in [0.2, 0.25) is 0 Å². The van der Waals surface area contributed by atoms with Crippen molar-refractivity contribution in [2.75, 3.05) is 4.90 Å². The molecule has 0 fully saturated rings. The molecule has 334 valence electrons. The summed E-state index contributed by atoms with van der Waals surface area (Å²) in [6, 6.07) is 107. The second kappa shape index (κ2) is 17.8. The lowest BCUT2D eigenvalue weighted by molar-refractivity contribution is 1.18. The number of benzene rings is 12. The van der Waals surface area contributed by atoms with E-state index in [9.17, 15) is 0 Å². The molecule has 0 spiro atoms. The van der Waals surface area contributed by atoms with E-state index in [1.54, 1.807) is 0 Å². The fourth-order valence-electron chi connectivity index (χ4n) is 11.3. The Balaban J connectivity index is 0.907. The van der Waals surface area contributed by atoms with Crippen LogP contribution in [0.1, 0.15) is 0 Å². The van der Waals surface area contributed by atoms with Crippen LogP contribution >= 0.6 is 0 Å². The van der Waals surface area contributed by atoms with Crippen molar-refractivity contribution < 1.29 is 0 Å². The molecule has 0 unspecified atom stereocenters. The normalized spacial score (nSPS) is 11.7. The summed E-state index contributed by atoms with van der Waals surface area (Å²) in [5, 5.41) is 12.9. The van der Waals surface area contributed by atoms with E-state index in [0.29, 0.717) is 0 Å².